The normalized spacial score (nSPS) is 11.6. The van der Waals surface area contributed by atoms with Crippen molar-refractivity contribution in [1.82, 2.24) is 10.6 Å². The minimum atomic E-state index is -0.561. The number of nitrogens with one attached hydrogen (secondary N) is 3. The smallest absolute Gasteiger partial charge is 0.224 e. The highest BCUT2D eigenvalue weighted by Gasteiger charge is 2.06. The highest BCUT2D eigenvalue weighted by molar-refractivity contribution is 5.88. The van der Waals surface area contributed by atoms with E-state index in [0.29, 0.717) is 25.3 Å². The third-order valence-corrected chi connectivity index (χ3v) is 3.78. The highest BCUT2D eigenvalue weighted by Crippen LogP contribution is 2.11. The van der Waals surface area contributed by atoms with Gasteiger partial charge in [0.15, 0.2) is 0 Å². The monoisotopic (exact) mass is 355 g/mol. The zero-order chi connectivity index (χ0) is 18.8. The van der Waals surface area contributed by atoms with E-state index >= 15 is 0 Å². The summed E-state index contributed by atoms with van der Waals surface area (Å²) in [4.78, 5) is 22.9. The van der Waals surface area contributed by atoms with Crippen LogP contribution in [0.3, 0.4) is 0 Å². The molecule has 0 unspecified atom stereocenters. The summed E-state index contributed by atoms with van der Waals surface area (Å²) in [6, 6.07) is 16.6. The third kappa shape index (κ3) is 7.04. The maximum absolute atomic E-state index is 11.9. The molecule has 26 heavy (non-hydrogen) atoms. The van der Waals surface area contributed by atoms with Crippen LogP contribution < -0.4 is 16.0 Å². The fraction of sp³-hybridized carbons (Fsp3) is 0.300. The van der Waals surface area contributed by atoms with Crippen LogP contribution >= 0.6 is 0 Å². The molecule has 0 fully saturated rings. The van der Waals surface area contributed by atoms with Crippen LogP contribution in [-0.4, -0.2) is 36.6 Å². The van der Waals surface area contributed by atoms with E-state index in [4.69, 9.17) is 0 Å². The Morgan fingerprint density at radius 2 is 1.69 bits per heavy atom. The van der Waals surface area contributed by atoms with Gasteiger partial charge in [0.2, 0.25) is 11.8 Å². The number of anilines is 1. The second kappa shape index (κ2) is 10.3. The molecular weight excluding hydrogens is 330 g/mol. The van der Waals surface area contributed by atoms with Crippen LogP contribution in [-0.2, 0) is 16.0 Å². The molecule has 138 valence electrons. The quantitative estimate of drug-likeness (QED) is 0.515. The van der Waals surface area contributed by atoms with Gasteiger partial charge in [-0.05, 0) is 23.3 Å². The molecule has 2 aromatic rings. The zero-order valence-electron chi connectivity index (χ0n) is 14.9. The molecule has 2 amide bonds. The molecule has 1 atom stereocenters. The lowest BCUT2D eigenvalue weighted by Crippen LogP contribution is -2.34. The maximum Gasteiger partial charge on any atom is 0.224 e. The Morgan fingerprint density at radius 3 is 2.35 bits per heavy atom. The van der Waals surface area contributed by atoms with Gasteiger partial charge in [0.25, 0.3) is 0 Å². The van der Waals surface area contributed by atoms with Gasteiger partial charge in [-0.25, -0.2) is 0 Å². The van der Waals surface area contributed by atoms with Gasteiger partial charge < -0.3 is 21.1 Å². The maximum atomic E-state index is 11.9. The molecule has 0 spiro atoms. The first-order chi connectivity index (χ1) is 12.5. The van der Waals surface area contributed by atoms with Gasteiger partial charge in [0, 0.05) is 32.2 Å². The molecule has 0 aliphatic carbocycles. The molecule has 0 aliphatic heterocycles. The fourth-order valence-electron chi connectivity index (χ4n) is 2.48. The van der Waals surface area contributed by atoms with Crippen molar-refractivity contribution in [3.05, 3.63) is 65.7 Å². The van der Waals surface area contributed by atoms with E-state index in [1.165, 1.54) is 6.92 Å². The van der Waals surface area contributed by atoms with Crippen LogP contribution in [0.4, 0.5) is 5.69 Å². The van der Waals surface area contributed by atoms with Crippen molar-refractivity contribution in [3.8, 4) is 0 Å². The van der Waals surface area contributed by atoms with E-state index in [-0.39, 0.29) is 18.2 Å². The van der Waals surface area contributed by atoms with Crippen molar-refractivity contribution in [2.75, 3.05) is 25.0 Å². The lowest BCUT2D eigenvalue weighted by atomic mass is 10.1. The summed E-state index contributed by atoms with van der Waals surface area (Å²) in [5.41, 5.74) is 2.46. The molecule has 2 aromatic carbocycles. The summed E-state index contributed by atoms with van der Waals surface area (Å²) in [5, 5.41) is 18.7. The Morgan fingerprint density at radius 1 is 1.00 bits per heavy atom. The summed E-state index contributed by atoms with van der Waals surface area (Å²) in [5.74, 6) is -0.192. The Labute approximate surface area is 153 Å². The van der Waals surface area contributed by atoms with E-state index in [0.717, 1.165) is 11.1 Å². The van der Waals surface area contributed by atoms with Crippen LogP contribution in [0.1, 0.15) is 24.2 Å². The minimum absolute atomic E-state index is 0.0670. The summed E-state index contributed by atoms with van der Waals surface area (Å²) in [7, 11) is 0. The zero-order valence-corrected chi connectivity index (χ0v) is 14.9. The molecule has 0 aromatic heterocycles. The van der Waals surface area contributed by atoms with Gasteiger partial charge in [-0.1, -0.05) is 42.5 Å². The molecular formula is C20H25N3O3. The van der Waals surface area contributed by atoms with E-state index in [1.54, 1.807) is 12.1 Å². The molecule has 6 nitrogen and oxygen atoms in total. The fourth-order valence-corrected chi connectivity index (χ4v) is 2.48. The molecule has 4 N–H and O–H groups in total. The van der Waals surface area contributed by atoms with Crippen molar-refractivity contribution in [3.63, 3.8) is 0 Å². The SMILES string of the molecule is CC(=O)Nc1ccc(CC(=O)NCCNC[C@H](O)c2ccccc2)cc1. The van der Waals surface area contributed by atoms with E-state index in [9.17, 15) is 14.7 Å². The summed E-state index contributed by atoms with van der Waals surface area (Å²) in [6.07, 6.45) is -0.276. The number of benzene rings is 2. The Hall–Kier alpha value is -2.70. The minimum Gasteiger partial charge on any atom is -0.387 e. The predicted octanol–water partition coefficient (Wildman–Crippen LogP) is 1.63. The molecule has 0 radical (unpaired) electrons. The number of hydrogen-bond acceptors (Lipinski definition) is 4. The van der Waals surface area contributed by atoms with Crippen LogP contribution in [0.25, 0.3) is 0 Å². The van der Waals surface area contributed by atoms with Crippen LogP contribution in [0.15, 0.2) is 54.6 Å². The van der Waals surface area contributed by atoms with Crippen LogP contribution in [0.5, 0.6) is 0 Å². The molecule has 0 saturated heterocycles. The van der Waals surface area contributed by atoms with Gasteiger partial charge in [0.1, 0.15) is 0 Å². The number of carbonyl (C=O) groups excluding carboxylic acids is 2. The second-order valence-electron chi connectivity index (χ2n) is 6.04. The summed E-state index contributed by atoms with van der Waals surface area (Å²) in [6.45, 7) is 2.96. The van der Waals surface area contributed by atoms with Crippen molar-refractivity contribution in [1.29, 1.82) is 0 Å². The van der Waals surface area contributed by atoms with Crippen LogP contribution in [0, 0.1) is 0 Å². The first kappa shape index (κ1) is 19.6. The Balaban J connectivity index is 1.62. The predicted molar refractivity (Wildman–Crippen MR) is 102 cm³/mol. The van der Waals surface area contributed by atoms with Gasteiger partial charge >= 0.3 is 0 Å². The lowest BCUT2D eigenvalue weighted by Gasteiger charge is -2.12. The third-order valence-electron chi connectivity index (χ3n) is 3.78. The summed E-state index contributed by atoms with van der Waals surface area (Å²) < 4.78 is 0. The van der Waals surface area contributed by atoms with Crippen molar-refractivity contribution in [2.45, 2.75) is 19.4 Å². The molecule has 6 heteroatoms. The average Bonchev–Trinajstić information content (AvgIpc) is 2.63. The van der Waals surface area contributed by atoms with E-state index in [1.807, 2.05) is 42.5 Å². The molecule has 0 heterocycles. The Bertz CT molecular complexity index is 702. The van der Waals surface area contributed by atoms with Crippen molar-refractivity contribution in [2.24, 2.45) is 0 Å². The highest BCUT2D eigenvalue weighted by atomic mass is 16.3. The van der Waals surface area contributed by atoms with Gasteiger partial charge in [-0.15, -0.1) is 0 Å². The van der Waals surface area contributed by atoms with E-state index < -0.39 is 6.10 Å². The largest absolute Gasteiger partial charge is 0.387 e. The molecule has 0 aliphatic rings. The number of rotatable bonds is 9. The lowest BCUT2D eigenvalue weighted by molar-refractivity contribution is -0.120. The van der Waals surface area contributed by atoms with Crippen LogP contribution in [0.2, 0.25) is 0 Å². The molecule has 2 rings (SSSR count). The number of aliphatic hydroxyl groups excluding tert-OH is 1. The number of amides is 2. The standard InChI is InChI=1S/C20H25N3O3/c1-15(24)23-18-9-7-16(8-10-18)13-20(26)22-12-11-21-14-19(25)17-5-3-2-4-6-17/h2-10,19,21,25H,11-14H2,1H3,(H,22,26)(H,23,24)/t19-/m0/s1. The number of hydrogen-bond donors (Lipinski definition) is 4. The first-order valence-electron chi connectivity index (χ1n) is 8.61. The van der Waals surface area contributed by atoms with Gasteiger partial charge in [0.05, 0.1) is 12.5 Å². The van der Waals surface area contributed by atoms with Crippen molar-refractivity contribution < 1.29 is 14.7 Å². The second-order valence-corrected chi connectivity index (χ2v) is 6.04. The van der Waals surface area contributed by atoms with Gasteiger partial charge in [-0.3, -0.25) is 9.59 Å². The van der Waals surface area contributed by atoms with E-state index in [2.05, 4.69) is 16.0 Å². The molecule has 0 saturated carbocycles. The number of aliphatic hydroxyl groups is 1. The summed E-state index contributed by atoms with van der Waals surface area (Å²) >= 11 is 0. The topological polar surface area (TPSA) is 90.5 Å². The van der Waals surface area contributed by atoms with Crippen molar-refractivity contribution >= 4 is 17.5 Å². The first-order valence-corrected chi connectivity index (χ1v) is 8.61. The molecule has 0 bridgehead atoms. The Kier molecular flexibility index (Phi) is 7.79. The number of carbonyl (C=O) groups is 2. The van der Waals surface area contributed by atoms with Gasteiger partial charge in [-0.2, -0.15) is 0 Å². The average molecular weight is 355 g/mol.